The molecule has 0 unspecified atom stereocenters. The number of allylic oxidation sites excluding steroid dienone is 5. The highest BCUT2D eigenvalue weighted by molar-refractivity contribution is 7.20. The van der Waals surface area contributed by atoms with E-state index in [1.807, 2.05) is 11.3 Å². The van der Waals surface area contributed by atoms with Crippen molar-refractivity contribution < 1.29 is 4.74 Å². The molecule has 3 aromatic rings. The van der Waals surface area contributed by atoms with Crippen molar-refractivity contribution in [2.75, 3.05) is 26.2 Å². The van der Waals surface area contributed by atoms with Crippen molar-refractivity contribution in [3.63, 3.8) is 0 Å². The van der Waals surface area contributed by atoms with E-state index in [1.165, 1.54) is 68.7 Å². The molecule has 3 aliphatic rings. The van der Waals surface area contributed by atoms with E-state index >= 15 is 0 Å². The van der Waals surface area contributed by atoms with Gasteiger partial charge in [0.25, 0.3) is 0 Å². The third kappa shape index (κ3) is 3.05. The van der Waals surface area contributed by atoms with Gasteiger partial charge in [0.1, 0.15) is 12.4 Å². The minimum Gasteiger partial charge on any atom is -0.492 e. The van der Waals surface area contributed by atoms with E-state index < -0.39 is 0 Å². The van der Waals surface area contributed by atoms with Crippen LogP contribution in [-0.2, 0) is 0 Å². The van der Waals surface area contributed by atoms with Gasteiger partial charge in [-0.15, -0.1) is 11.3 Å². The second kappa shape index (κ2) is 7.57. The van der Waals surface area contributed by atoms with Gasteiger partial charge in [0.15, 0.2) is 0 Å². The van der Waals surface area contributed by atoms with Crippen LogP contribution in [-0.4, -0.2) is 31.1 Å². The summed E-state index contributed by atoms with van der Waals surface area (Å²) < 4.78 is 7.41. The molecular weight excluding hydrogens is 386 g/mol. The van der Waals surface area contributed by atoms with Crippen LogP contribution in [0.15, 0.2) is 72.3 Å². The first kappa shape index (κ1) is 18.2. The molecular formula is C27H25NOS. The predicted octanol–water partition coefficient (Wildman–Crippen LogP) is 6.53. The lowest BCUT2D eigenvalue weighted by molar-refractivity contribution is 0.238. The van der Waals surface area contributed by atoms with E-state index in [9.17, 15) is 0 Å². The molecule has 150 valence electrons. The van der Waals surface area contributed by atoms with Gasteiger partial charge in [0.05, 0.1) is 0 Å². The Balaban J connectivity index is 1.32. The summed E-state index contributed by atoms with van der Waals surface area (Å²) in [4.78, 5) is 3.92. The maximum absolute atomic E-state index is 6.04. The van der Waals surface area contributed by atoms with Crippen molar-refractivity contribution >= 4 is 32.6 Å². The van der Waals surface area contributed by atoms with Gasteiger partial charge in [-0.1, -0.05) is 48.6 Å². The van der Waals surface area contributed by atoms with Crippen LogP contribution in [0, 0.1) is 0 Å². The molecule has 0 N–H and O–H groups in total. The Morgan fingerprint density at radius 3 is 2.67 bits per heavy atom. The highest BCUT2D eigenvalue weighted by Gasteiger charge is 2.31. The summed E-state index contributed by atoms with van der Waals surface area (Å²) in [6, 6.07) is 17.6. The minimum atomic E-state index is 0.768. The maximum atomic E-state index is 6.04. The van der Waals surface area contributed by atoms with Gasteiger partial charge in [0, 0.05) is 27.1 Å². The number of benzene rings is 2. The Kier molecular flexibility index (Phi) is 4.59. The number of hydrogen-bond donors (Lipinski definition) is 0. The van der Waals surface area contributed by atoms with E-state index in [1.54, 1.807) is 0 Å². The Morgan fingerprint density at radius 2 is 1.80 bits per heavy atom. The summed E-state index contributed by atoms with van der Waals surface area (Å²) in [6.07, 6.45) is 10.4. The fraction of sp³-hybridized carbons (Fsp3) is 0.259. The molecule has 1 saturated heterocycles. The van der Waals surface area contributed by atoms with Crippen molar-refractivity contribution in [3.8, 4) is 5.75 Å². The first-order chi connectivity index (χ1) is 14.9. The second-order valence-electron chi connectivity index (χ2n) is 8.29. The van der Waals surface area contributed by atoms with Crippen LogP contribution in [0.2, 0.25) is 0 Å². The van der Waals surface area contributed by atoms with Crippen LogP contribution in [0.1, 0.15) is 35.3 Å². The van der Waals surface area contributed by atoms with Crippen LogP contribution in [0.25, 0.3) is 21.2 Å². The Hall–Kier alpha value is -2.62. The summed E-state index contributed by atoms with van der Waals surface area (Å²) in [5, 5.41) is 1.38. The summed E-state index contributed by atoms with van der Waals surface area (Å²) in [5.41, 5.74) is 6.99. The Bertz CT molecular complexity index is 1190. The Morgan fingerprint density at radius 1 is 0.967 bits per heavy atom. The molecule has 0 atom stereocenters. The molecule has 6 rings (SSSR count). The second-order valence-corrected chi connectivity index (χ2v) is 9.34. The summed E-state index contributed by atoms with van der Waals surface area (Å²) in [6.45, 7) is 4.24. The van der Waals surface area contributed by atoms with Gasteiger partial charge in [-0.05, 0) is 72.8 Å². The van der Waals surface area contributed by atoms with Gasteiger partial charge in [0.2, 0.25) is 0 Å². The average molecular weight is 412 g/mol. The first-order valence-corrected chi connectivity index (χ1v) is 11.8. The summed E-state index contributed by atoms with van der Waals surface area (Å²) >= 11 is 1.92. The van der Waals surface area contributed by atoms with Crippen molar-refractivity contribution in [1.82, 2.24) is 4.90 Å². The molecule has 0 spiro atoms. The molecule has 1 aromatic heterocycles. The predicted molar refractivity (Wildman–Crippen MR) is 127 cm³/mol. The fourth-order valence-corrected chi connectivity index (χ4v) is 6.24. The SMILES string of the molecule is C1=CCC2=C(c3ccc(OCCN4CCCC4)cc3)c3c(sc4ccccc34)C2=C1. The molecule has 2 nitrogen and oxygen atoms in total. The number of nitrogens with zero attached hydrogens (tertiary/aromatic N) is 1. The van der Waals surface area contributed by atoms with E-state index in [0.29, 0.717) is 0 Å². The third-order valence-electron chi connectivity index (χ3n) is 6.46. The number of likely N-dealkylation sites (tertiary alicyclic amines) is 1. The lowest BCUT2D eigenvalue weighted by Gasteiger charge is -2.15. The highest BCUT2D eigenvalue weighted by atomic mass is 32.1. The average Bonchev–Trinajstić information content (AvgIpc) is 3.50. The molecule has 30 heavy (non-hydrogen) atoms. The number of fused-ring (bicyclic) bond motifs is 5. The largest absolute Gasteiger partial charge is 0.492 e. The monoisotopic (exact) mass is 411 g/mol. The lowest BCUT2D eigenvalue weighted by atomic mass is 9.93. The molecule has 0 saturated carbocycles. The smallest absolute Gasteiger partial charge is 0.119 e. The zero-order valence-electron chi connectivity index (χ0n) is 17.1. The molecule has 3 heteroatoms. The quantitative estimate of drug-likeness (QED) is 0.473. The van der Waals surface area contributed by atoms with Crippen molar-refractivity contribution in [2.24, 2.45) is 0 Å². The molecule has 2 heterocycles. The molecule has 1 fully saturated rings. The standard InChI is InChI=1S/C27H25NOS/c1-2-8-22-21(7-1)25(26-23-9-3-4-10-24(23)30-27(22)26)19-11-13-20(14-12-19)29-18-17-28-15-5-6-16-28/h1-4,8-14H,5-7,15-18H2. The van der Waals surface area contributed by atoms with Gasteiger partial charge in [-0.3, -0.25) is 4.90 Å². The van der Waals surface area contributed by atoms with E-state index in [2.05, 4.69) is 71.7 Å². The highest BCUT2D eigenvalue weighted by Crippen LogP contribution is 2.53. The van der Waals surface area contributed by atoms with Gasteiger partial charge < -0.3 is 4.74 Å². The number of ether oxygens (including phenoxy) is 1. The zero-order chi connectivity index (χ0) is 19.9. The van der Waals surface area contributed by atoms with Crippen LogP contribution in [0.4, 0.5) is 0 Å². The van der Waals surface area contributed by atoms with Crippen LogP contribution in [0.5, 0.6) is 5.75 Å². The topological polar surface area (TPSA) is 12.5 Å². The number of hydrogen-bond acceptors (Lipinski definition) is 3. The number of thiophene rings is 1. The maximum Gasteiger partial charge on any atom is 0.119 e. The lowest BCUT2D eigenvalue weighted by Crippen LogP contribution is -2.25. The fourth-order valence-electron chi connectivity index (χ4n) is 4.98. The first-order valence-electron chi connectivity index (χ1n) is 11.0. The van der Waals surface area contributed by atoms with Crippen LogP contribution < -0.4 is 4.74 Å². The minimum absolute atomic E-state index is 0.768. The molecule has 0 radical (unpaired) electrons. The van der Waals surface area contributed by atoms with E-state index in [-0.39, 0.29) is 0 Å². The molecule has 0 amide bonds. The van der Waals surface area contributed by atoms with Crippen LogP contribution >= 0.6 is 11.3 Å². The van der Waals surface area contributed by atoms with Gasteiger partial charge in [-0.2, -0.15) is 0 Å². The van der Waals surface area contributed by atoms with E-state index in [4.69, 9.17) is 4.74 Å². The normalized spacial score (nSPS) is 18.1. The molecule has 2 aliphatic carbocycles. The van der Waals surface area contributed by atoms with Crippen molar-refractivity contribution in [2.45, 2.75) is 19.3 Å². The molecule has 0 bridgehead atoms. The third-order valence-corrected chi connectivity index (χ3v) is 7.66. The molecule has 1 aliphatic heterocycles. The number of rotatable bonds is 5. The Labute approximate surface area is 181 Å². The molecule has 2 aromatic carbocycles. The summed E-state index contributed by atoms with van der Waals surface area (Å²) in [5.74, 6) is 0.969. The van der Waals surface area contributed by atoms with Crippen molar-refractivity contribution in [3.05, 3.63) is 88.3 Å². The zero-order valence-corrected chi connectivity index (χ0v) is 17.9. The van der Waals surface area contributed by atoms with E-state index in [0.717, 1.165) is 25.3 Å². The van der Waals surface area contributed by atoms with Gasteiger partial charge in [-0.25, -0.2) is 0 Å². The van der Waals surface area contributed by atoms with Crippen molar-refractivity contribution in [1.29, 1.82) is 0 Å². The van der Waals surface area contributed by atoms with Crippen LogP contribution in [0.3, 0.4) is 0 Å². The van der Waals surface area contributed by atoms with Gasteiger partial charge >= 0.3 is 0 Å². The summed E-state index contributed by atoms with van der Waals surface area (Å²) in [7, 11) is 0.